The van der Waals surface area contributed by atoms with Gasteiger partial charge < -0.3 is 10.6 Å². The maximum atomic E-state index is 12.6. The van der Waals surface area contributed by atoms with Gasteiger partial charge in [-0.1, -0.05) is 47.5 Å². The monoisotopic (exact) mass is 401 g/mol. The molecule has 0 fully saturated rings. The van der Waals surface area contributed by atoms with Crippen LogP contribution in [0.5, 0.6) is 0 Å². The summed E-state index contributed by atoms with van der Waals surface area (Å²) in [6.07, 6.45) is 1.80. The van der Waals surface area contributed by atoms with Crippen LogP contribution in [0, 0.1) is 13.8 Å². The SMILES string of the molecule is Cc1ccc(NC(=O)Nc2ccccc2-c2cnc3ccc(Cl)cc3c2)c(C)c1. The van der Waals surface area contributed by atoms with Crippen LogP contribution in [0.4, 0.5) is 16.2 Å². The number of amides is 2. The van der Waals surface area contributed by atoms with E-state index in [-0.39, 0.29) is 6.03 Å². The van der Waals surface area contributed by atoms with Crippen LogP contribution in [0.25, 0.3) is 22.0 Å². The van der Waals surface area contributed by atoms with Gasteiger partial charge in [0.05, 0.1) is 11.2 Å². The number of carbonyl (C=O) groups is 1. The molecule has 0 atom stereocenters. The van der Waals surface area contributed by atoms with E-state index < -0.39 is 0 Å². The van der Waals surface area contributed by atoms with Crippen molar-refractivity contribution in [1.82, 2.24) is 4.98 Å². The molecule has 2 amide bonds. The third kappa shape index (κ3) is 4.23. The Morgan fingerprint density at radius 3 is 2.52 bits per heavy atom. The van der Waals surface area contributed by atoms with Gasteiger partial charge in [0, 0.05) is 33.4 Å². The van der Waals surface area contributed by atoms with Gasteiger partial charge in [-0.15, -0.1) is 0 Å². The summed E-state index contributed by atoms with van der Waals surface area (Å²) in [5, 5.41) is 7.48. The van der Waals surface area contributed by atoms with Gasteiger partial charge in [0.1, 0.15) is 0 Å². The summed E-state index contributed by atoms with van der Waals surface area (Å²) >= 11 is 6.12. The molecule has 0 spiro atoms. The van der Waals surface area contributed by atoms with Crippen LogP contribution in [0.3, 0.4) is 0 Å². The minimum Gasteiger partial charge on any atom is -0.307 e. The highest BCUT2D eigenvalue weighted by Gasteiger charge is 2.11. The Morgan fingerprint density at radius 2 is 1.69 bits per heavy atom. The first-order valence-electron chi connectivity index (χ1n) is 9.29. The van der Waals surface area contributed by atoms with E-state index in [4.69, 9.17) is 11.6 Å². The normalized spacial score (nSPS) is 10.7. The molecule has 0 aliphatic heterocycles. The number of aromatic nitrogens is 1. The standard InChI is InChI=1S/C24H20ClN3O/c1-15-7-9-21(16(2)11-15)27-24(29)28-23-6-4-3-5-20(23)18-12-17-13-19(25)8-10-22(17)26-14-18/h3-14H,1-2H3,(H2,27,28,29). The van der Waals surface area contributed by atoms with Crippen molar-refractivity contribution in [2.24, 2.45) is 0 Å². The Balaban J connectivity index is 1.62. The van der Waals surface area contributed by atoms with Crippen molar-refractivity contribution in [2.75, 3.05) is 10.6 Å². The average molecular weight is 402 g/mol. The van der Waals surface area contributed by atoms with E-state index in [9.17, 15) is 4.79 Å². The van der Waals surface area contributed by atoms with Gasteiger partial charge in [-0.2, -0.15) is 0 Å². The molecule has 29 heavy (non-hydrogen) atoms. The Bertz CT molecular complexity index is 1220. The lowest BCUT2D eigenvalue weighted by Crippen LogP contribution is -2.20. The Morgan fingerprint density at radius 1 is 0.897 bits per heavy atom. The van der Waals surface area contributed by atoms with Gasteiger partial charge in [0.15, 0.2) is 0 Å². The minimum absolute atomic E-state index is 0.291. The summed E-state index contributed by atoms with van der Waals surface area (Å²) in [5.74, 6) is 0. The van der Waals surface area contributed by atoms with Crippen molar-refractivity contribution in [1.29, 1.82) is 0 Å². The molecule has 0 unspecified atom stereocenters. The number of rotatable bonds is 3. The maximum absolute atomic E-state index is 12.6. The van der Waals surface area contributed by atoms with E-state index in [0.717, 1.165) is 38.8 Å². The van der Waals surface area contributed by atoms with E-state index in [0.29, 0.717) is 10.7 Å². The highest BCUT2D eigenvalue weighted by Crippen LogP contribution is 2.30. The fourth-order valence-corrected chi connectivity index (χ4v) is 3.50. The number of halogens is 1. The van der Waals surface area contributed by atoms with Crippen molar-refractivity contribution in [2.45, 2.75) is 13.8 Å². The van der Waals surface area contributed by atoms with Crippen LogP contribution in [-0.4, -0.2) is 11.0 Å². The van der Waals surface area contributed by atoms with Gasteiger partial charge in [-0.25, -0.2) is 4.79 Å². The van der Waals surface area contributed by atoms with Crippen molar-refractivity contribution in [3.63, 3.8) is 0 Å². The average Bonchev–Trinajstić information content (AvgIpc) is 2.70. The summed E-state index contributed by atoms with van der Waals surface area (Å²) < 4.78 is 0. The zero-order valence-corrected chi connectivity index (χ0v) is 16.9. The molecular formula is C24H20ClN3O. The van der Waals surface area contributed by atoms with Crippen molar-refractivity contribution in [3.8, 4) is 11.1 Å². The molecule has 0 saturated heterocycles. The smallest absolute Gasteiger partial charge is 0.307 e. The molecule has 4 aromatic rings. The number of anilines is 2. The predicted molar refractivity (Wildman–Crippen MR) is 121 cm³/mol. The molecule has 3 aromatic carbocycles. The Hall–Kier alpha value is -3.37. The second-order valence-electron chi connectivity index (χ2n) is 7.00. The maximum Gasteiger partial charge on any atom is 0.323 e. The largest absolute Gasteiger partial charge is 0.323 e. The first-order chi connectivity index (χ1) is 14.0. The van der Waals surface area contributed by atoms with Crippen LogP contribution in [0.2, 0.25) is 5.02 Å². The van der Waals surface area contributed by atoms with Crippen LogP contribution < -0.4 is 10.6 Å². The highest BCUT2D eigenvalue weighted by atomic mass is 35.5. The molecule has 1 heterocycles. The third-order valence-electron chi connectivity index (χ3n) is 4.76. The van der Waals surface area contributed by atoms with Crippen molar-refractivity contribution in [3.05, 3.63) is 89.1 Å². The summed E-state index contributed by atoms with van der Waals surface area (Å²) in [4.78, 5) is 17.1. The summed E-state index contributed by atoms with van der Waals surface area (Å²) in [7, 11) is 0. The van der Waals surface area contributed by atoms with Gasteiger partial charge in [0.2, 0.25) is 0 Å². The lowest BCUT2D eigenvalue weighted by atomic mass is 10.0. The summed E-state index contributed by atoms with van der Waals surface area (Å²) in [5.41, 5.74) is 6.33. The van der Waals surface area contributed by atoms with Gasteiger partial charge in [-0.3, -0.25) is 4.98 Å². The number of aryl methyl sites for hydroxylation is 2. The zero-order chi connectivity index (χ0) is 20.4. The molecular weight excluding hydrogens is 382 g/mol. The molecule has 4 nitrogen and oxygen atoms in total. The number of para-hydroxylation sites is 1. The number of pyridine rings is 1. The molecule has 4 rings (SSSR count). The minimum atomic E-state index is -0.291. The fourth-order valence-electron chi connectivity index (χ4n) is 3.32. The van der Waals surface area contributed by atoms with Gasteiger partial charge in [-0.05, 0) is 55.8 Å². The number of hydrogen-bond acceptors (Lipinski definition) is 2. The molecule has 0 saturated carbocycles. The van der Waals surface area contributed by atoms with E-state index in [1.807, 2.05) is 80.6 Å². The third-order valence-corrected chi connectivity index (χ3v) is 4.99. The fraction of sp³-hybridized carbons (Fsp3) is 0.0833. The number of nitrogens with zero attached hydrogens (tertiary/aromatic N) is 1. The molecule has 1 aromatic heterocycles. The lowest BCUT2D eigenvalue weighted by molar-refractivity contribution is 0.262. The molecule has 0 bridgehead atoms. The molecule has 0 radical (unpaired) electrons. The quantitative estimate of drug-likeness (QED) is 0.396. The molecule has 2 N–H and O–H groups in total. The summed E-state index contributed by atoms with van der Waals surface area (Å²) in [6.45, 7) is 4.00. The van der Waals surface area contributed by atoms with Crippen molar-refractivity contribution >= 4 is 39.9 Å². The van der Waals surface area contributed by atoms with Crippen LogP contribution in [0.1, 0.15) is 11.1 Å². The van der Waals surface area contributed by atoms with Crippen LogP contribution >= 0.6 is 11.6 Å². The van der Waals surface area contributed by atoms with Crippen LogP contribution in [-0.2, 0) is 0 Å². The number of carbonyl (C=O) groups excluding carboxylic acids is 1. The number of nitrogens with one attached hydrogen (secondary N) is 2. The van der Waals surface area contributed by atoms with E-state index in [1.54, 1.807) is 6.20 Å². The van der Waals surface area contributed by atoms with E-state index >= 15 is 0 Å². The number of benzene rings is 3. The molecule has 5 heteroatoms. The molecule has 0 aliphatic rings. The predicted octanol–water partition coefficient (Wildman–Crippen LogP) is 6.82. The van der Waals surface area contributed by atoms with E-state index in [1.165, 1.54) is 0 Å². The van der Waals surface area contributed by atoms with E-state index in [2.05, 4.69) is 15.6 Å². The number of urea groups is 1. The number of fused-ring (bicyclic) bond motifs is 1. The topological polar surface area (TPSA) is 54.0 Å². The number of hydrogen-bond donors (Lipinski definition) is 2. The second-order valence-corrected chi connectivity index (χ2v) is 7.44. The Labute approximate surface area is 174 Å². The van der Waals surface area contributed by atoms with Gasteiger partial charge in [0.25, 0.3) is 0 Å². The molecule has 0 aliphatic carbocycles. The van der Waals surface area contributed by atoms with Crippen molar-refractivity contribution < 1.29 is 4.79 Å². The zero-order valence-electron chi connectivity index (χ0n) is 16.2. The highest BCUT2D eigenvalue weighted by molar-refractivity contribution is 6.31. The first kappa shape index (κ1) is 19.0. The Kier molecular flexibility index (Phi) is 5.19. The van der Waals surface area contributed by atoms with Gasteiger partial charge >= 0.3 is 6.03 Å². The first-order valence-corrected chi connectivity index (χ1v) is 9.67. The molecule has 144 valence electrons. The summed E-state index contributed by atoms with van der Waals surface area (Å²) in [6, 6.07) is 20.9. The van der Waals surface area contributed by atoms with Crippen LogP contribution in [0.15, 0.2) is 72.9 Å². The lowest BCUT2D eigenvalue weighted by Gasteiger charge is -2.14. The second kappa shape index (κ2) is 7.94.